The number of aromatic hydroxyl groups is 1. The van der Waals surface area contributed by atoms with E-state index in [2.05, 4.69) is 12.0 Å². The minimum absolute atomic E-state index is 0.0971. The van der Waals surface area contributed by atoms with E-state index in [1.54, 1.807) is 6.07 Å². The summed E-state index contributed by atoms with van der Waals surface area (Å²) in [5, 5.41) is 22.9. The van der Waals surface area contributed by atoms with Gasteiger partial charge in [0, 0.05) is 18.3 Å². The number of rotatable bonds is 4. The van der Waals surface area contributed by atoms with Crippen LogP contribution in [-0.4, -0.2) is 26.0 Å². The van der Waals surface area contributed by atoms with Crippen LogP contribution in [0.5, 0.6) is 5.75 Å². The molecule has 2 rings (SSSR count). The third-order valence-corrected chi connectivity index (χ3v) is 2.94. The zero-order chi connectivity index (χ0) is 14.0. The third kappa shape index (κ3) is 2.59. The van der Waals surface area contributed by atoms with E-state index in [0.717, 1.165) is 29.8 Å². The number of carboxylic acids is 1. The van der Waals surface area contributed by atoms with Crippen LogP contribution in [-0.2, 0) is 6.54 Å². The van der Waals surface area contributed by atoms with Gasteiger partial charge in [-0.2, -0.15) is 5.10 Å². The number of hydrogen-bond acceptors (Lipinski definition) is 3. The van der Waals surface area contributed by atoms with Gasteiger partial charge in [-0.05, 0) is 31.0 Å². The molecule has 5 heteroatoms. The van der Waals surface area contributed by atoms with Crippen molar-refractivity contribution in [3.8, 4) is 16.9 Å². The standard InChI is InChI=1S/C14H16N2O3/c1-3-6-16-8-12(9(2)15-16)10-4-5-13(17)11(7-10)14(18)19/h4-5,7-8,17H,3,6H2,1-2H3,(H,18,19). The molecule has 0 saturated carbocycles. The number of carboxylic acid groups (broad SMARTS) is 1. The van der Waals surface area contributed by atoms with Crippen LogP contribution in [0.15, 0.2) is 24.4 Å². The minimum atomic E-state index is -1.14. The maximum atomic E-state index is 11.0. The summed E-state index contributed by atoms with van der Waals surface area (Å²) in [5.74, 6) is -1.37. The summed E-state index contributed by atoms with van der Waals surface area (Å²) in [6.07, 6.45) is 2.88. The number of phenols is 1. The molecule has 19 heavy (non-hydrogen) atoms. The molecule has 100 valence electrons. The first kappa shape index (κ1) is 13.1. The van der Waals surface area contributed by atoms with Gasteiger partial charge in [0.1, 0.15) is 11.3 Å². The number of aryl methyl sites for hydroxylation is 2. The Labute approximate surface area is 111 Å². The van der Waals surface area contributed by atoms with Crippen LogP contribution in [0.3, 0.4) is 0 Å². The Balaban J connectivity index is 2.47. The molecule has 5 nitrogen and oxygen atoms in total. The third-order valence-electron chi connectivity index (χ3n) is 2.94. The lowest BCUT2D eigenvalue weighted by molar-refractivity contribution is 0.0694. The molecule has 0 aliphatic rings. The van der Waals surface area contributed by atoms with E-state index in [1.807, 2.05) is 17.8 Å². The predicted molar refractivity (Wildman–Crippen MR) is 71.3 cm³/mol. The lowest BCUT2D eigenvalue weighted by atomic mass is 10.0. The van der Waals surface area contributed by atoms with Crippen LogP contribution in [0.2, 0.25) is 0 Å². The fraction of sp³-hybridized carbons (Fsp3) is 0.286. The summed E-state index contributed by atoms with van der Waals surface area (Å²) in [7, 11) is 0. The van der Waals surface area contributed by atoms with Crippen molar-refractivity contribution < 1.29 is 15.0 Å². The summed E-state index contributed by atoms with van der Waals surface area (Å²) in [6, 6.07) is 4.56. The first-order valence-electron chi connectivity index (χ1n) is 6.13. The average Bonchev–Trinajstić information content (AvgIpc) is 2.71. The second kappa shape index (κ2) is 5.14. The molecule has 0 fully saturated rings. The highest BCUT2D eigenvalue weighted by atomic mass is 16.4. The molecule has 0 radical (unpaired) electrons. The zero-order valence-corrected chi connectivity index (χ0v) is 10.9. The first-order chi connectivity index (χ1) is 9.02. The minimum Gasteiger partial charge on any atom is -0.507 e. The Kier molecular flexibility index (Phi) is 3.55. The number of nitrogens with zero attached hydrogens (tertiary/aromatic N) is 2. The quantitative estimate of drug-likeness (QED) is 0.886. The predicted octanol–water partition coefficient (Wildman–Crippen LogP) is 2.67. The van der Waals surface area contributed by atoms with Crippen molar-refractivity contribution in [1.29, 1.82) is 0 Å². The lowest BCUT2D eigenvalue weighted by Crippen LogP contribution is -1.97. The van der Waals surface area contributed by atoms with Crippen molar-refractivity contribution in [3.05, 3.63) is 35.7 Å². The van der Waals surface area contributed by atoms with E-state index in [0.29, 0.717) is 0 Å². The Morgan fingerprint density at radius 3 is 2.79 bits per heavy atom. The summed E-state index contributed by atoms with van der Waals surface area (Å²) in [4.78, 5) is 11.0. The summed E-state index contributed by atoms with van der Waals surface area (Å²) in [5.41, 5.74) is 2.38. The van der Waals surface area contributed by atoms with Gasteiger partial charge in [-0.1, -0.05) is 13.0 Å². The largest absolute Gasteiger partial charge is 0.507 e. The molecule has 0 atom stereocenters. The second-order valence-electron chi connectivity index (χ2n) is 4.43. The van der Waals surface area contributed by atoms with Gasteiger partial charge in [-0.15, -0.1) is 0 Å². The van der Waals surface area contributed by atoms with Crippen molar-refractivity contribution in [2.24, 2.45) is 0 Å². The highest BCUT2D eigenvalue weighted by Gasteiger charge is 2.13. The summed E-state index contributed by atoms with van der Waals surface area (Å²) < 4.78 is 1.85. The molecule has 0 bridgehead atoms. The molecule has 0 spiro atoms. The second-order valence-corrected chi connectivity index (χ2v) is 4.43. The van der Waals surface area contributed by atoms with Crippen molar-refractivity contribution in [3.63, 3.8) is 0 Å². The van der Waals surface area contributed by atoms with Crippen LogP contribution in [0.4, 0.5) is 0 Å². The number of benzene rings is 1. The van der Waals surface area contributed by atoms with E-state index in [1.165, 1.54) is 12.1 Å². The highest BCUT2D eigenvalue weighted by molar-refractivity contribution is 5.92. The van der Waals surface area contributed by atoms with E-state index in [9.17, 15) is 9.90 Å². The van der Waals surface area contributed by atoms with Gasteiger partial charge in [0.05, 0.1) is 5.69 Å². The molecule has 1 heterocycles. The number of carbonyl (C=O) groups is 1. The fourth-order valence-corrected chi connectivity index (χ4v) is 2.02. The van der Waals surface area contributed by atoms with E-state index in [-0.39, 0.29) is 11.3 Å². The van der Waals surface area contributed by atoms with Crippen LogP contribution in [0.25, 0.3) is 11.1 Å². The Morgan fingerprint density at radius 1 is 1.42 bits per heavy atom. The molecule has 2 aromatic rings. The van der Waals surface area contributed by atoms with Crippen LogP contribution >= 0.6 is 0 Å². The van der Waals surface area contributed by atoms with E-state index in [4.69, 9.17) is 5.11 Å². The van der Waals surface area contributed by atoms with Gasteiger partial charge in [-0.3, -0.25) is 4.68 Å². The van der Waals surface area contributed by atoms with Crippen molar-refractivity contribution in [2.45, 2.75) is 26.8 Å². The molecular weight excluding hydrogens is 244 g/mol. The van der Waals surface area contributed by atoms with Gasteiger partial charge in [0.2, 0.25) is 0 Å². The zero-order valence-electron chi connectivity index (χ0n) is 10.9. The molecule has 0 amide bonds. The average molecular weight is 260 g/mol. The van der Waals surface area contributed by atoms with Gasteiger partial charge in [0.15, 0.2) is 0 Å². The summed E-state index contributed by atoms with van der Waals surface area (Å²) in [6.45, 7) is 4.78. The van der Waals surface area contributed by atoms with E-state index < -0.39 is 5.97 Å². The van der Waals surface area contributed by atoms with Gasteiger partial charge >= 0.3 is 5.97 Å². The number of aromatic carboxylic acids is 1. The summed E-state index contributed by atoms with van der Waals surface area (Å²) >= 11 is 0. The maximum Gasteiger partial charge on any atom is 0.339 e. The Bertz CT molecular complexity index is 617. The first-order valence-corrected chi connectivity index (χ1v) is 6.13. The van der Waals surface area contributed by atoms with Crippen LogP contribution in [0.1, 0.15) is 29.4 Å². The van der Waals surface area contributed by atoms with Crippen molar-refractivity contribution >= 4 is 5.97 Å². The normalized spacial score (nSPS) is 10.6. The molecule has 1 aromatic carbocycles. The van der Waals surface area contributed by atoms with E-state index >= 15 is 0 Å². The monoisotopic (exact) mass is 260 g/mol. The molecule has 0 saturated heterocycles. The number of hydrogen-bond donors (Lipinski definition) is 2. The lowest BCUT2D eigenvalue weighted by Gasteiger charge is -2.03. The molecule has 1 aromatic heterocycles. The molecule has 2 N–H and O–H groups in total. The SMILES string of the molecule is CCCn1cc(-c2ccc(O)c(C(=O)O)c2)c(C)n1. The highest BCUT2D eigenvalue weighted by Crippen LogP contribution is 2.27. The van der Waals surface area contributed by atoms with Crippen LogP contribution < -0.4 is 0 Å². The molecular formula is C14H16N2O3. The Hall–Kier alpha value is -2.30. The van der Waals surface area contributed by atoms with Crippen molar-refractivity contribution in [2.75, 3.05) is 0 Å². The fourth-order valence-electron chi connectivity index (χ4n) is 2.02. The van der Waals surface area contributed by atoms with Gasteiger partial charge in [-0.25, -0.2) is 4.79 Å². The smallest absolute Gasteiger partial charge is 0.339 e. The topological polar surface area (TPSA) is 75.4 Å². The number of aromatic nitrogens is 2. The molecule has 0 aliphatic carbocycles. The molecule has 0 aliphatic heterocycles. The van der Waals surface area contributed by atoms with Gasteiger partial charge in [0.25, 0.3) is 0 Å². The van der Waals surface area contributed by atoms with Gasteiger partial charge < -0.3 is 10.2 Å². The van der Waals surface area contributed by atoms with Crippen LogP contribution in [0, 0.1) is 6.92 Å². The molecule has 0 unspecified atom stereocenters. The van der Waals surface area contributed by atoms with Crippen molar-refractivity contribution in [1.82, 2.24) is 9.78 Å². The Morgan fingerprint density at radius 2 is 2.16 bits per heavy atom. The maximum absolute atomic E-state index is 11.0.